The molecule has 0 aliphatic heterocycles. The van der Waals surface area contributed by atoms with Gasteiger partial charge in [0.1, 0.15) is 11.6 Å². The third-order valence-corrected chi connectivity index (χ3v) is 3.05. The molecule has 0 aliphatic rings. The van der Waals surface area contributed by atoms with Crippen molar-refractivity contribution >= 4 is 22.6 Å². The molecule has 6 heteroatoms. The van der Waals surface area contributed by atoms with Gasteiger partial charge in [-0.15, -0.1) is 0 Å². The van der Waals surface area contributed by atoms with Crippen LogP contribution in [0.1, 0.15) is 5.56 Å². The van der Waals surface area contributed by atoms with Gasteiger partial charge in [0.05, 0.1) is 29.5 Å². The highest BCUT2D eigenvalue weighted by Crippen LogP contribution is 2.16. The highest BCUT2D eigenvalue weighted by Gasteiger charge is 2.09. The van der Waals surface area contributed by atoms with Gasteiger partial charge >= 0.3 is 0 Å². The molecular formula is C15H11F2N3O. The van der Waals surface area contributed by atoms with Gasteiger partial charge in [-0.05, 0) is 29.8 Å². The molecule has 0 unspecified atom stereocenters. The number of benzene rings is 2. The number of rotatable bonds is 3. The van der Waals surface area contributed by atoms with Crippen molar-refractivity contribution in [2.45, 2.75) is 6.42 Å². The lowest BCUT2D eigenvalue weighted by Crippen LogP contribution is -2.15. The number of imidazole rings is 1. The minimum atomic E-state index is -0.799. The zero-order valence-corrected chi connectivity index (χ0v) is 10.9. The Bertz CT molecular complexity index is 814. The number of carbonyl (C=O) groups excluding carboxylic acids is 1. The zero-order chi connectivity index (χ0) is 14.8. The summed E-state index contributed by atoms with van der Waals surface area (Å²) in [5, 5.41) is 2.42. The summed E-state index contributed by atoms with van der Waals surface area (Å²) in [5.74, 6) is -1.86. The maximum atomic E-state index is 13.4. The first kappa shape index (κ1) is 13.2. The Hall–Kier alpha value is -2.76. The SMILES string of the molecule is O=C(Cc1ccc2nc[nH]c2c1)Nc1ccc(F)cc1F. The van der Waals surface area contributed by atoms with E-state index < -0.39 is 11.6 Å². The van der Waals surface area contributed by atoms with Gasteiger partial charge in [-0.25, -0.2) is 13.8 Å². The van der Waals surface area contributed by atoms with Crippen LogP contribution in [0.4, 0.5) is 14.5 Å². The number of aromatic nitrogens is 2. The number of hydrogen-bond acceptors (Lipinski definition) is 2. The quantitative estimate of drug-likeness (QED) is 0.778. The predicted molar refractivity (Wildman–Crippen MR) is 74.8 cm³/mol. The smallest absolute Gasteiger partial charge is 0.228 e. The van der Waals surface area contributed by atoms with Crippen molar-refractivity contribution in [1.82, 2.24) is 9.97 Å². The van der Waals surface area contributed by atoms with Crippen molar-refractivity contribution in [3.8, 4) is 0 Å². The second-order valence-corrected chi connectivity index (χ2v) is 4.60. The maximum absolute atomic E-state index is 13.4. The molecule has 1 amide bonds. The van der Waals surface area contributed by atoms with Crippen LogP contribution in [0, 0.1) is 11.6 Å². The number of carbonyl (C=O) groups is 1. The lowest BCUT2D eigenvalue weighted by atomic mass is 10.1. The van der Waals surface area contributed by atoms with E-state index in [2.05, 4.69) is 15.3 Å². The molecule has 0 radical (unpaired) electrons. The lowest BCUT2D eigenvalue weighted by molar-refractivity contribution is -0.115. The van der Waals surface area contributed by atoms with Crippen LogP contribution in [0.25, 0.3) is 11.0 Å². The summed E-state index contributed by atoms with van der Waals surface area (Å²) in [5.41, 5.74) is 2.37. The van der Waals surface area contributed by atoms with E-state index >= 15 is 0 Å². The molecular weight excluding hydrogens is 276 g/mol. The van der Waals surface area contributed by atoms with Gasteiger partial charge in [0.2, 0.25) is 5.91 Å². The van der Waals surface area contributed by atoms with E-state index in [4.69, 9.17) is 0 Å². The Morgan fingerprint density at radius 2 is 2.05 bits per heavy atom. The van der Waals surface area contributed by atoms with Gasteiger partial charge in [0, 0.05) is 6.07 Å². The van der Waals surface area contributed by atoms with Crippen molar-refractivity contribution in [3.63, 3.8) is 0 Å². The normalized spacial score (nSPS) is 10.8. The van der Waals surface area contributed by atoms with E-state index in [1.165, 1.54) is 6.07 Å². The summed E-state index contributed by atoms with van der Waals surface area (Å²) in [4.78, 5) is 18.9. The molecule has 0 saturated carbocycles. The van der Waals surface area contributed by atoms with E-state index in [0.717, 1.165) is 28.7 Å². The van der Waals surface area contributed by atoms with Gasteiger partial charge in [-0.3, -0.25) is 4.79 Å². The summed E-state index contributed by atoms with van der Waals surface area (Å²) in [6.45, 7) is 0. The molecule has 1 aromatic heterocycles. The van der Waals surface area contributed by atoms with E-state index in [1.807, 2.05) is 6.07 Å². The van der Waals surface area contributed by atoms with E-state index in [0.29, 0.717) is 0 Å². The number of anilines is 1. The molecule has 1 heterocycles. The van der Waals surface area contributed by atoms with Gasteiger partial charge in [-0.1, -0.05) is 6.07 Å². The zero-order valence-electron chi connectivity index (χ0n) is 10.9. The number of H-pyrrole nitrogens is 1. The van der Waals surface area contributed by atoms with Crippen LogP contribution in [0.2, 0.25) is 0 Å². The van der Waals surface area contributed by atoms with Crippen LogP contribution in [-0.2, 0) is 11.2 Å². The second-order valence-electron chi connectivity index (χ2n) is 4.60. The van der Waals surface area contributed by atoms with Crippen LogP contribution in [0.3, 0.4) is 0 Å². The van der Waals surface area contributed by atoms with Crippen molar-refractivity contribution in [3.05, 3.63) is 59.9 Å². The standard InChI is InChI=1S/C15H11F2N3O/c16-10-2-4-12(11(17)7-10)20-15(21)6-9-1-3-13-14(5-9)19-8-18-13/h1-5,7-8H,6H2,(H,18,19)(H,20,21). The van der Waals surface area contributed by atoms with Gasteiger partial charge < -0.3 is 10.3 Å². The largest absolute Gasteiger partial charge is 0.345 e. The minimum Gasteiger partial charge on any atom is -0.345 e. The highest BCUT2D eigenvalue weighted by molar-refractivity contribution is 5.92. The van der Waals surface area contributed by atoms with Crippen molar-refractivity contribution < 1.29 is 13.6 Å². The average molecular weight is 287 g/mol. The summed E-state index contributed by atoms with van der Waals surface area (Å²) in [6, 6.07) is 8.40. The number of fused-ring (bicyclic) bond motifs is 1. The number of aromatic amines is 1. The molecule has 2 N–H and O–H groups in total. The van der Waals surface area contributed by atoms with Crippen LogP contribution < -0.4 is 5.32 Å². The fourth-order valence-corrected chi connectivity index (χ4v) is 2.06. The van der Waals surface area contributed by atoms with Gasteiger partial charge in [0.25, 0.3) is 0 Å². The fourth-order valence-electron chi connectivity index (χ4n) is 2.06. The number of halogens is 2. The number of nitrogens with zero attached hydrogens (tertiary/aromatic N) is 1. The summed E-state index contributed by atoms with van der Waals surface area (Å²) in [7, 11) is 0. The first-order chi connectivity index (χ1) is 10.1. The molecule has 3 aromatic rings. The summed E-state index contributed by atoms with van der Waals surface area (Å²) in [6.07, 6.45) is 1.66. The molecule has 21 heavy (non-hydrogen) atoms. The van der Waals surface area contributed by atoms with Gasteiger partial charge in [0.15, 0.2) is 0 Å². The molecule has 106 valence electrons. The minimum absolute atomic E-state index is 0.0379. The Labute approximate surface area is 118 Å². The molecule has 0 aliphatic carbocycles. The van der Waals surface area contributed by atoms with E-state index in [9.17, 15) is 13.6 Å². The highest BCUT2D eigenvalue weighted by atomic mass is 19.1. The molecule has 3 rings (SSSR count). The number of amides is 1. The first-order valence-corrected chi connectivity index (χ1v) is 6.29. The fraction of sp³-hybridized carbons (Fsp3) is 0.0667. The first-order valence-electron chi connectivity index (χ1n) is 6.29. The third-order valence-electron chi connectivity index (χ3n) is 3.05. The summed E-state index contributed by atoms with van der Waals surface area (Å²) < 4.78 is 26.2. The Kier molecular flexibility index (Phi) is 3.35. The van der Waals surface area contributed by atoms with E-state index in [1.54, 1.807) is 18.5 Å². The Morgan fingerprint density at radius 1 is 1.19 bits per heavy atom. The lowest BCUT2D eigenvalue weighted by Gasteiger charge is -2.06. The third kappa shape index (κ3) is 2.89. The molecule has 2 aromatic carbocycles. The van der Waals surface area contributed by atoms with E-state index in [-0.39, 0.29) is 18.0 Å². The topological polar surface area (TPSA) is 57.8 Å². The molecule has 0 saturated heterocycles. The second kappa shape index (κ2) is 5.32. The monoisotopic (exact) mass is 287 g/mol. The van der Waals surface area contributed by atoms with Crippen LogP contribution in [0.5, 0.6) is 0 Å². The molecule has 0 spiro atoms. The van der Waals surface area contributed by atoms with Crippen LogP contribution in [0.15, 0.2) is 42.7 Å². The van der Waals surface area contributed by atoms with Gasteiger partial charge in [-0.2, -0.15) is 0 Å². The number of hydrogen-bond donors (Lipinski definition) is 2. The Morgan fingerprint density at radius 3 is 2.86 bits per heavy atom. The maximum Gasteiger partial charge on any atom is 0.228 e. The molecule has 4 nitrogen and oxygen atoms in total. The predicted octanol–water partition coefficient (Wildman–Crippen LogP) is 3.02. The molecule has 0 fully saturated rings. The van der Waals surface area contributed by atoms with Crippen molar-refractivity contribution in [2.75, 3.05) is 5.32 Å². The van der Waals surface area contributed by atoms with Crippen LogP contribution >= 0.6 is 0 Å². The summed E-state index contributed by atoms with van der Waals surface area (Å²) >= 11 is 0. The van der Waals surface area contributed by atoms with Crippen LogP contribution in [-0.4, -0.2) is 15.9 Å². The molecule has 0 bridgehead atoms. The molecule has 0 atom stereocenters. The Balaban J connectivity index is 1.73. The number of nitrogens with one attached hydrogen (secondary N) is 2. The van der Waals surface area contributed by atoms with Crippen molar-refractivity contribution in [2.24, 2.45) is 0 Å². The average Bonchev–Trinajstić information content (AvgIpc) is 2.89. The van der Waals surface area contributed by atoms with Crippen molar-refractivity contribution in [1.29, 1.82) is 0 Å².